The second-order valence-corrected chi connectivity index (χ2v) is 3.57. The van der Waals surface area contributed by atoms with Gasteiger partial charge in [-0.3, -0.25) is 4.79 Å². The molecule has 1 heterocycles. The van der Waals surface area contributed by atoms with Gasteiger partial charge in [-0.15, -0.1) is 0 Å². The zero-order chi connectivity index (χ0) is 7.40. The third-order valence-electron chi connectivity index (χ3n) is 1.68. The van der Waals surface area contributed by atoms with E-state index in [0.29, 0.717) is 0 Å². The fourth-order valence-corrected chi connectivity index (χ4v) is 2.15. The van der Waals surface area contributed by atoms with E-state index in [2.05, 4.69) is 5.32 Å². The molecular formula is C6H12N2OS. The molecule has 2 unspecified atom stereocenters. The summed E-state index contributed by atoms with van der Waals surface area (Å²) in [4.78, 5) is 10.0. The normalized spacial score (nSPS) is 33.3. The Bertz CT molecular complexity index is 120. The number of amides is 1. The first-order chi connectivity index (χ1) is 4.84. The van der Waals surface area contributed by atoms with Crippen LogP contribution in [-0.2, 0) is 4.79 Å². The van der Waals surface area contributed by atoms with Gasteiger partial charge in [0, 0.05) is 17.8 Å². The van der Waals surface area contributed by atoms with Crippen LogP contribution in [0.5, 0.6) is 0 Å². The maximum Gasteiger partial charge on any atom is 0.207 e. The molecule has 0 aromatic rings. The highest BCUT2D eigenvalue weighted by Gasteiger charge is 2.20. The molecule has 0 saturated carbocycles. The van der Waals surface area contributed by atoms with Crippen molar-refractivity contribution in [2.75, 3.05) is 11.5 Å². The summed E-state index contributed by atoms with van der Waals surface area (Å²) in [6.45, 7) is 0. The average molecular weight is 160 g/mol. The van der Waals surface area contributed by atoms with Crippen molar-refractivity contribution in [1.29, 1.82) is 0 Å². The molecule has 0 aromatic heterocycles. The van der Waals surface area contributed by atoms with E-state index in [1.54, 1.807) is 0 Å². The molecule has 1 fully saturated rings. The van der Waals surface area contributed by atoms with Crippen LogP contribution >= 0.6 is 11.8 Å². The van der Waals surface area contributed by atoms with Gasteiger partial charge in [0.25, 0.3) is 0 Å². The van der Waals surface area contributed by atoms with Gasteiger partial charge < -0.3 is 11.1 Å². The molecule has 1 rings (SSSR count). The SMILES string of the molecule is NC1CSCCC1NC=O. The lowest BCUT2D eigenvalue weighted by Gasteiger charge is -2.27. The van der Waals surface area contributed by atoms with Crippen molar-refractivity contribution < 1.29 is 4.79 Å². The number of hydrogen-bond donors (Lipinski definition) is 2. The minimum absolute atomic E-state index is 0.143. The van der Waals surface area contributed by atoms with Gasteiger partial charge in [-0.2, -0.15) is 11.8 Å². The molecule has 0 radical (unpaired) electrons. The van der Waals surface area contributed by atoms with Crippen LogP contribution in [0.3, 0.4) is 0 Å². The Kier molecular flexibility index (Phi) is 3.02. The molecule has 3 nitrogen and oxygen atoms in total. The molecule has 0 bridgehead atoms. The maximum atomic E-state index is 10.0. The first-order valence-electron chi connectivity index (χ1n) is 3.37. The summed E-state index contributed by atoms with van der Waals surface area (Å²) in [6, 6.07) is 0.350. The van der Waals surface area contributed by atoms with E-state index < -0.39 is 0 Å². The van der Waals surface area contributed by atoms with Crippen LogP contribution < -0.4 is 11.1 Å². The number of nitrogens with two attached hydrogens (primary N) is 1. The lowest BCUT2D eigenvalue weighted by atomic mass is 10.1. The number of rotatable bonds is 2. The summed E-state index contributed by atoms with van der Waals surface area (Å²) in [5.74, 6) is 2.07. The number of carbonyl (C=O) groups excluding carboxylic acids is 1. The Hall–Kier alpha value is -0.220. The minimum Gasteiger partial charge on any atom is -0.354 e. The smallest absolute Gasteiger partial charge is 0.207 e. The number of thioether (sulfide) groups is 1. The van der Waals surface area contributed by atoms with Crippen LogP contribution in [0.2, 0.25) is 0 Å². The highest BCUT2D eigenvalue weighted by molar-refractivity contribution is 7.99. The van der Waals surface area contributed by atoms with E-state index in [1.165, 1.54) is 0 Å². The van der Waals surface area contributed by atoms with Crippen LogP contribution in [0.1, 0.15) is 6.42 Å². The van der Waals surface area contributed by atoms with Gasteiger partial charge in [-0.1, -0.05) is 0 Å². The number of hydrogen-bond acceptors (Lipinski definition) is 3. The first-order valence-corrected chi connectivity index (χ1v) is 4.53. The van der Waals surface area contributed by atoms with Gasteiger partial charge >= 0.3 is 0 Å². The average Bonchev–Trinajstić information content (AvgIpc) is 1.94. The van der Waals surface area contributed by atoms with Crippen molar-refractivity contribution in [2.45, 2.75) is 18.5 Å². The lowest BCUT2D eigenvalue weighted by molar-refractivity contribution is -0.110. The first kappa shape index (κ1) is 7.88. The molecule has 1 aliphatic rings. The van der Waals surface area contributed by atoms with Gasteiger partial charge in [0.1, 0.15) is 0 Å². The van der Waals surface area contributed by atoms with E-state index >= 15 is 0 Å². The molecule has 0 aliphatic carbocycles. The summed E-state index contributed by atoms with van der Waals surface area (Å²) < 4.78 is 0. The monoisotopic (exact) mass is 160 g/mol. The van der Waals surface area contributed by atoms with E-state index in [-0.39, 0.29) is 12.1 Å². The predicted octanol–water partition coefficient (Wildman–Crippen LogP) is -0.435. The summed E-state index contributed by atoms with van der Waals surface area (Å²) >= 11 is 1.85. The fourth-order valence-electron chi connectivity index (χ4n) is 1.05. The Morgan fingerprint density at radius 2 is 2.50 bits per heavy atom. The molecule has 3 N–H and O–H groups in total. The van der Waals surface area contributed by atoms with Gasteiger partial charge in [0.05, 0.1) is 0 Å². The summed E-state index contributed by atoms with van der Waals surface area (Å²) in [6.07, 6.45) is 1.74. The van der Waals surface area contributed by atoms with E-state index in [9.17, 15) is 4.79 Å². The van der Waals surface area contributed by atoms with Gasteiger partial charge in [0.2, 0.25) is 6.41 Å². The van der Waals surface area contributed by atoms with Crippen LogP contribution in [0.15, 0.2) is 0 Å². The predicted molar refractivity (Wildman–Crippen MR) is 42.9 cm³/mol. The Labute approximate surface area is 64.7 Å². The fraction of sp³-hybridized carbons (Fsp3) is 0.833. The van der Waals surface area contributed by atoms with Crippen molar-refractivity contribution in [1.82, 2.24) is 5.32 Å². The molecule has 1 aliphatic heterocycles. The Morgan fingerprint density at radius 3 is 3.10 bits per heavy atom. The summed E-state index contributed by atoms with van der Waals surface area (Å²) in [5.41, 5.74) is 5.72. The van der Waals surface area contributed by atoms with Crippen LogP contribution in [0.25, 0.3) is 0 Å². The number of nitrogens with one attached hydrogen (secondary N) is 1. The van der Waals surface area contributed by atoms with Crippen molar-refractivity contribution in [3.05, 3.63) is 0 Å². The molecule has 0 aromatic carbocycles. The van der Waals surface area contributed by atoms with E-state index in [4.69, 9.17) is 5.73 Å². The molecular weight excluding hydrogens is 148 g/mol. The lowest BCUT2D eigenvalue weighted by Crippen LogP contribution is -2.48. The third kappa shape index (κ3) is 1.88. The van der Waals surface area contributed by atoms with Gasteiger partial charge in [-0.25, -0.2) is 0 Å². The third-order valence-corrected chi connectivity index (χ3v) is 2.83. The molecule has 0 spiro atoms. The quantitative estimate of drug-likeness (QED) is 0.539. The second-order valence-electron chi connectivity index (χ2n) is 2.42. The van der Waals surface area contributed by atoms with E-state index in [1.807, 2.05) is 11.8 Å². The van der Waals surface area contributed by atoms with Gasteiger partial charge in [0.15, 0.2) is 0 Å². The molecule has 1 saturated heterocycles. The number of carbonyl (C=O) groups is 1. The molecule has 58 valence electrons. The summed E-state index contributed by atoms with van der Waals surface area (Å²) in [5, 5.41) is 2.72. The Balaban J connectivity index is 2.32. The zero-order valence-electron chi connectivity index (χ0n) is 5.75. The van der Waals surface area contributed by atoms with Crippen LogP contribution in [0.4, 0.5) is 0 Å². The summed E-state index contributed by atoms with van der Waals surface area (Å²) in [7, 11) is 0. The molecule has 2 atom stereocenters. The second kappa shape index (κ2) is 3.83. The minimum atomic E-state index is 0.143. The highest BCUT2D eigenvalue weighted by atomic mass is 32.2. The molecule has 1 amide bonds. The van der Waals surface area contributed by atoms with E-state index in [0.717, 1.165) is 24.3 Å². The zero-order valence-corrected chi connectivity index (χ0v) is 6.56. The largest absolute Gasteiger partial charge is 0.354 e. The highest BCUT2D eigenvalue weighted by Crippen LogP contribution is 2.15. The van der Waals surface area contributed by atoms with Crippen molar-refractivity contribution in [3.63, 3.8) is 0 Å². The topological polar surface area (TPSA) is 55.1 Å². The molecule has 4 heteroatoms. The van der Waals surface area contributed by atoms with Crippen molar-refractivity contribution >= 4 is 18.2 Å². The van der Waals surface area contributed by atoms with Crippen molar-refractivity contribution in [3.8, 4) is 0 Å². The maximum absolute atomic E-state index is 10.0. The van der Waals surface area contributed by atoms with Crippen LogP contribution in [0, 0.1) is 0 Å². The standard InChI is InChI=1S/C6H12N2OS/c7-5-3-10-2-1-6(5)8-4-9/h4-6H,1-3,7H2,(H,8,9). The molecule has 10 heavy (non-hydrogen) atoms. The van der Waals surface area contributed by atoms with Gasteiger partial charge in [-0.05, 0) is 12.2 Å². The Morgan fingerprint density at radius 1 is 1.70 bits per heavy atom. The van der Waals surface area contributed by atoms with Crippen LogP contribution in [-0.4, -0.2) is 30.0 Å². The van der Waals surface area contributed by atoms with Crippen molar-refractivity contribution in [2.24, 2.45) is 5.73 Å².